The van der Waals surface area contributed by atoms with Crippen molar-refractivity contribution in [3.05, 3.63) is 30.5 Å². The second-order valence-corrected chi connectivity index (χ2v) is 6.69. The molecule has 24 heavy (non-hydrogen) atoms. The molecule has 0 radical (unpaired) electrons. The molecule has 0 saturated heterocycles. The van der Waals surface area contributed by atoms with Crippen molar-refractivity contribution < 1.29 is 14.3 Å². The van der Waals surface area contributed by atoms with Gasteiger partial charge in [-0.2, -0.15) is 0 Å². The van der Waals surface area contributed by atoms with E-state index in [1.807, 2.05) is 42.0 Å². The summed E-state index contributed by atoms with van der Waals surface area (Å²) in [5.41, 5.74) is 4.86. The van der Waals surface area contributed by atoms with Crippen LogP contribution in [0.1, 0.15) is 27.7 Å². The summed E-state index contributed by atoms with van der Waals surface area (Å²) in [6.07, 6.45) is 7.38. The molecule has 0 fully saturated rings. The van der Waals surface area contributed by atoms with Crippen molar-refractivity contribution in [3.63, 3.8) is 0 Å². The van der Waals surface area contributed by atoms with Crippen LogP contribution < -0.4 is 10.5 Å². The minimum Gasteiger partial charge on any atom is -0.492 e. The molecule has 1 aromatic carbocycles. The normalized spacial score (nSPS) is 14.0. The maximum absolute atomic E-state index is 12.5. The summed E-state index contributed by atoms with van der Waals surface area (Å²) < 4.78 is 12.9. The number of para-hydroxylation sites is 1. The Bertz CT molecular complexity index is 780. The van der Waals surface area contributed by atoms with Gasteiger partial charge in [0.1, 0.15) is 11.4 Å². The van der Waals surface area contributed by atoms with Crippen LogP contribution in [-0.4, -0.2) is 28.3 Å². The van der Waals surface area contributed by atoms with Crippen LogP contribution >= 0.6 is 0 Å². The predicted molar refractivity (Wildman–Crippen MR) is 94.7 cm³/mol. The monoisotopic (exact) mass is 328 g/mol. The smallest absolute Gasteiger partial charge is 0.341 e. The van der Waals surface area contributed by atoms with Crippen molar-refractivity contribution in [2.24, 2.45) is 5.73 Å². The number of benzene rings is 1. The van der Waals surface area contributed by atoms with Gasteiger partial charge in [-0.25, -0.2) is 4.79 Å². The third kappa shape index (κ3) is 3.72. The van der Waals surface area contributed by atoms with Gasteiger partial charge in [-0.3, -0.25) is 0 Å². The molecule has 5 heteroatoms. The average Bonchev–Trinajstić information content (AvgIpc) is 2.84. The SMILES string of the molecule is C#CC(N)(Cn1cc(OCC)c2ccccc21)C(=O)OC(C)(C)C. The lowest BCUT2D eigenvalue weighted by molar-refractivity contribution is -0.159. The molecule has 0 saturated carbocycles. The van der Waals surface area contributed by atoms with Crippen LogP contribution in [0, 0.1) is 12.3 Å². The van der Waals surface area contributed by atoms with Crippen molar-refractivity contribution >= 4 is 16.9 Å². The zero-order valence-corrected chi connectivity index (χ0v) is 14.6. The van der Waals surface area contributed by atoms with E-state index >= 15 is 0 Å². The van der Waals surface area contributed by atoms with Crippen molar-refractivity contribution in [1.29, 1.82) is 0 Å². The molecular formula is C19H24N2O3. The van der Waals surface area contributed by atoms with E-state index in [1.54, 1.807) is 20.8 Å². The number of hydrogen-bond donors (Lipinski definition) is 1. The van der Waals surface area contributed by atoms with Gasteiger partial charge in [-0.15, -0.1) is 6.42 Å². The molecule has 2 rings (SSSR count). The van der Waals surface area contributed by atoms with Gasteiger partial charge in [-0.05, 0) is 39.8 Å². The Kier molecular flexibility index (Phi) is 4.91. The molecule has 2 N–H and O–H groups in total. The molecule has 5 nitrogen and oxygen atoms in total. The van der Waals surface area contributed by atoms with Crippen LogP contribution in [0.4, 0.5) is 0 Å². The topological polar surface area (TPSA) is 66.5 Å². The highest BCUT2D eigenvalue weighted by Crippen LogP contribution is 2.29. The van der Waals surface area contributed by atoms with Crippen LogP contribution in [0.2, 0.25) is 0 Å². The molecule has 128 valence electrons. The Morgan fingerprint density at radius 1 is 1.33 bits per heavy atom. The third-order valence-corrected chi connectivity index (χ3v) is 3.49. The Morgan fingerprint density at radius 3 is 2.58 bits per heavy atom. The van der Waals surface area contributed by atoms with E-state index < -0.39 is 17.1 Å². The minimum atomic E-state index is -1.56. The number of carbonyl (C=O) groups is 1. The first-order chi connectivity index (χ1) is 11.2. The lowest BCUT2D eigenvalue weighted by atomic mass is 10.0. The molecule has 0 spiro atoms. The van der Waals surface area contributed by atoms with Gasteiger partial charge in [0.25, 0.3) is 0 Å². The number of ether oxygens (including phenoxy) is 2. The minimum absolute atomic E-state index is 0.103. The summed E-state index contributed by atoms with van der Waals surface area (Å²) in [6.45, 7) is 7.90. The standard InChI is InChI=1S/C19H24N2O3/c1-6-19(20,17(22)24-18(3,4)5)13-21-12-16(23-7-2)14-10-8-9-11-15(14)21/h1,8-12H,7,13,20H2,2-5H3. The number of terminal acetylenes is 1. The fraction of sp³-hybridized carbons (Fsp3) is 0.421. The molecule has 1 heterocycles. The summed E-state index contributed by atoms with van der Waals surface area (Å²) in [4.78, 5) is 12.5. The Hall–Kier alpha value is -2.45. The molecule has 0 amide bonds. The molecular weight excluding hydrogens is 304 g/mol. The highest BCUT2D eigenvalue weighted by atomic mass is 16.6. The Labute approximate surface area is 142 Å². The van der Waals surface area contributed by atoms with E-state index in [1.165, 1.54) is 0 Å². The van der Waals surface area contributed by atoms with Crippen LogP contribution in [0.5, 0.6) is 5.75 Å². The fourth-order valence-electron chi connectivity index (χ4n) is 2.42. The number of aromatic nitrogens is 1. The van der Waals surface area contributed by atoms with Crippen molar-refractivity contribution in [3.8, 4) is 18.1 Å². The van der Waals surface area contributed by atoms with Crippen LogP contribution in [0.15, 0.2) is 30.5 Å². The van der Waals surface area contributed by atoms with E-state index in [-0.39, 0.29) is 6.54 Å². The lowest BCUT2D eigenvalue weighted by Gasteiger charge is -2.28. The first-order valence-corrected chi connectivity index (χ1v) is 7.91. The lowest BCUT2D eigenvalue weighted by Crippen LogP contribution is -2.52. The summed E-state index contributed by atoms with van der Waals surface area (Å²) in [5, 5.41) is 0.947. The quantitative estimate of drug-likeness (QED) is 0.677. The molecule has 0 aliphatic rings. The second-order valence-electron chi connectivity index (χ2n) is 6.69. The predicted octanol–water partition coefficient (Wildman–Crippen LogP) is 2.71. The van der Waals surface area contributed by atoms with Crippen molar-refractivity contribution in [2.45, 2.75) is 45.4 Å². The molecule has 0 aliphatic heterocycles. The van der Waals surface area contributed by atoms with E-state index in [0.29, 0.717) is 6.61 Å². The van der Waals surface area contributed by atoms with Crippen molar-refractivity contribution in [1.82, 2.24) is 4.57 Å². The van der Waals surface area contributed by atoms with E-state index in [4.69, 9.17) is 21.6 Å². The van der Waals surface area contributed by atoms with Crippen LogP contribution in [0.3, 0.4) is 0 Å². The first kappa shape index (κ1) is 17.9. The number of nitrogens with zero attached hydrogens (tertiary/aromatic N) is 1. The first-order valence-electron chi connectivity index (χ1n) is 7.91. The summed E-state index contributed by atoms with van der Waals surface area (Å²) in [5.74, 6) is 2.51. The average molecular weight is 328 g/mol. The maximum atomic E-state index is 12.5. The number of esters is 1. The molecule has 0 aliphatic carbocycles. The van der Waals surface area contributed by atoms with Crippen LogP contribution in [0.25, 0.3) is 10.9 Å². The highest BCUT2D eigenvalue weighted by Gasteiger charge is 2.37. The van der Waals surface area contributed by atoms with Gasteiger partial charge in [0, 0.05) is 11.6 Å². The summed E-state index contributed by atoms with van der Waals surface area (Å²) in [7, 11) is 0. The number of carbonyl (C=O) groups excluding carboxylic acids is 1. The molecule has 1 unspecified atom stereocenters. The van der Waals surface area contributed by atoms with Crippen molar-refractivity contribution in [2.75, 3.05) is 6.61 Å². The largest absolute Gasteiger partial charge is 0.492 e. The van der Waals surface area contributed by atoms with Gasteiger partial charge in [-0.1, -0.05) is 18.1 Å². The Balaban J connectivity index is 2.40. The van der Waals surface area contributed by atoms with Gasteiger partial charge >= 0.3 is 5.97 Å². The van der Waals surface area contributed by atoms with Gasteiger partial charge < -0.3 is 19.8 Å². The van der Waals surface area contributed by atoms with E-state index in [2.05, 4.69) is 5.92 Å². The highest BCUT2D eigenvalue weighted by molar-refractivity contribution is 5.88. The molecule has 1 atom stereocenters. The zero-order chi connectivity index (χ0) is 18.0. The van der Waals surface area contributed by atoms with Gasteiger partial charge in [0.05, 0.1) is 18.7 Å². The second kappa shape index (κ2) is 6.58. The van der Waals surface area contributed by atoms with E-state index in [9.17, 15) is 4.79 Å². The molecule has 0 bridgehead atoms. The maximum Gasteiger partial charge on any atom is 0.341 e. The van der Waals surface area contributed by atoms with Crippen LogP contribution in [-0.2, 0) is 16.1 Å². The fourth-order valence-corrected chi connectivity index (χ4v) is 2.42. The number of fused-ring (bicyclic) bond motifs is 1. The summed E-state index contributed by atoms with van der Waals surface area (Å²) in [6, 6.07) is 7.73. The zero-order valence-electron chi connectivity index (χ0n) is 14.6. The van der Waals surface area contributed by atoms with Gasteiger partial charge in [0.15, 0.2) is 5.54 Å². The van der Waals surface area contributed by atoms with E-state index in [0.717, 1.165) is 16.7 Å². The number of rotatable bonds is 5. The number of nitrogens with two attached hydrogens (primary N) is 1. The number of hydrogen-bond acceptors (Lipinski definition) is 4. The van der Waals surface area contributed by atoms with Gasteiger partial charge in [0.2, 0.25) is 0 Å². The Morgan fingerprint density at radius 2 is 2.00 bits per heavy atom. The summed E-state index contributed by atoms with van der Waals surface area (Å²) >= 11 is 0. The molecule has 1 aromatic heterocycles. The third-order valence-electron chi connectivity index (χ3n) is 3.49. The molecule has 2 aromatic rings.